The SMILES string of the molecule is COCCn1cc(O[C@H]2C[C@H](c3cc4c(C)nc5c(F)c(-c6cccc(Cl)c6Cl)c(CCC#N)cc5c4n3[C@H]3[C@H]4CN[C@@H]3C4)N(C(=O)C3CC3)C2)cn1. The molecular weight excluding hydrogens is 716 g/mol. The fourth-order valence-electron chi connectivity index (χ4n) is 8.98. The average molecular weight is 757 g/mol. The lowest BCUT2D eigenvalue weighted by Gasteiger charge is -2.39. The van der Waals surface area contributed by atoms with Crippen molar-refractivity contribution in [2.75, 3.05) is 26.8 Å². The Kier molecular flexibility index (Phi) is 8.85. The number of hydrogen-bond donors (Lipinski definition) is 1. The number of ether oxygens (including phenoxy) is 2. The van der Waals surface area contributed by atoms with Crippen molar-refractivity contribution in [1.82, 2.24) is 29.5 Å². The molecule has 5 aromatic rings. The number of carbonyl (C=O) groups excluding carboxylic acids is 1. The third-order valence-electron chi connectivity index (χ3n) is 11.7. The monoisotopic (exact) mass is 755 g/mol. The van der Waals surface area contributed by atoms with Gasteiger partial charge in [0.25, 0.3) is 0 Å². The molecule has 3 aliphatic heterocycles. The van der Waals surface area contributed by atoms with Crippen LogP contribution in [0.4, 0.5) is 4.39 Å². The molecule has 5 fully saturated rings. The molecule has 10 rings (SSSR count). The highest BCUT2D eigenvalue weighted by Gasteiger charge is 2.51. The summed E-state index contributed by atoms with van der Waals surface area (Å²) in [6.07, 6.45) is 7.36. The van der Waals surface area contributed by atoms with Crippen molar-refractivity contribution in [3.8, 4) is 22.9 Å². The van der Waals surface area contributed by atoms with Gasteiger partial charge in [-0.05, 0) is 62.3 Å². The van der Waals surface area contributed by atoms with Crippen LogP contribution in [-0.4, -0.2) is 69.1 Å². The summed E-state index contributed by atoms with van der Waals surface area (Å²) in [7, 11) is 1.66. The molecule has 2 bridgehead atoms. The Morgan fingerprint density at radius 2 is 2.04 bits per heavy atom. The maximum atomic E-state index is 17.2. The van der Waals surface area contributed by atoms with Crippen LogP contribution in [-0.2, 0) is 22.5 Å². The molecule has 3 aromatic heterocycles. The molecule has 13 heteroatoms. The molecule has 0 unspecified atom stereocenters. The predicted octanol–water partition coefficient (Wildman–Crippen LogP) is 7.57. The number of halogens is 3. The second-order valence-electron chi connectivity index (χ2n) is 15.0. The number of fused-ring (bicyclic) bond motifs is 4. The number of nitrogens with one attached hydrogen (secondary N) is 1. The lowest BCUT2D eigenvalue weighted by atomic mass is 9.79. The highest BCUT2D eigenvalue weighted by molar-refractivity contribution is 6.43. The van der Waals surface area contributed by atoms with E-state index < -0.39 is 5.82 Å². The zero-order chi connectivity index (χ0) is 36.5. The zero-order valence-corrected chi connectivity index (χ0v) is 31.1. The molecule has 0 spiro atoms. The fourth-order valence-corrected chi connectivity index (χ4v) is 9.37. The first kappa shape index (κ1) is 34.6. The van der Waals surface area contributed by atoms with Gasteiger partial charge in [-0.1, -0.05) is 35.3 Å². The number of benzene rings is 2. The summed E-state index contributed by atoms with van der Waals surface area (Å²) >= 11 is 13.1. The molecule has 2 aliphatic carbocycles. The second-order valence-corrected chi connectivity index (χ2v) is 15.8. The van der Waals surface area contributed by atoms with Crippen LogP contribution in [0.2, 0.25) is 10.0 Å². The first-order valence-corrected chi connectivity index (χ1v) is 19.2. The lowest BCUT2D eigenvalue weighted by Crippen LogP contribution is -2.41. The number of rotatable bonds is 11. The molecule has 2 saturated carbocycles. The number of aryl methyl sites for hydroxylation is 2. The van der Waals surface area contributed by atoms with Crippen molar-refractivity contribution < 1.29 is 18.7 Å². The fraction of sp³-hybridized carbons (Fsp3) is 0.450. The summed E-state index contributed by atoms with van der Waals surface area (Å²) in [4.78, 5) is 21.0. The summed E-state index contributed by atoms with van der Waals surface area (Å²) in [6, 6.07) is 11.8. The molecule has 274 valence electrons. The molecule has 5 atom stereocenters. The van der Waals surface area contributed by atoms with Crippen molar-refractivity contribution >= 4 is 50.9 Å². The highest BCUT2D eigenvalue weighted by atomic mass is 35.5. The molecule has 1 amide bonds. The van der Waals surface area contributed by atoms with Crippen LogP contribution in [0.5, 0.6) is 5.75 Å². The van der Waals surface area contributed by atoms with Gasteiger partial charge in [-0.15, -0.1) is 0 Å². The number of hydrogen-bond acceptors (Lipinski definition) is 7. The number of methoxy groups -OCH3 is 1. The first-order chi connectivity index (χ1) is 25.7. The van der Waals surface area contributed by atoms with Gasteiger partial charge in [0.1, 0.15) is 11.6 Å². The Bertz CT molecular complexity index is 2300. The van der Waals surface area contributed by atoms with Crippen LogP contribution in [0.3, 0.4) is 0 Å². The Balaban J connectivity index is 1.22. The molecule has 1 N–H and O–H groups in total. The molecule has 3 saturated heterocycles. The number of amides is 1. The summed E-state index contributed by atoms with van der Waals surface area (Å²) in [5.41, 5.74) is 4.34. The third-order valence-corrected chi connectivity index (χ3v) is 12.5. The summed E-state index contributed by atoms with van der Waals surface area (Å²) in [5.74, 6) is 0.777. The van der Waals surface area contributed by atoms with Crippen LogP contribution < -0.4 is 10.1 Å². The van der Waals surface area contributed by atoms with E-state index in [1.165, 1.54) is 0 Å². The van der Waals surface area contributed by atoms with Crippen LogP contribution in [0.1, 0.15) is 61.1 Å². The van der Waals surface area contributed by atoms with E-state index >= 15 is 4.39 Å². The molecule has 2 aromatic carbocycles. The maximum Gasteiger partial charge on any atom is 0.226 e. The molecular formula is C40H40Cl2FN7O3. The Labute approximate surface area is 316 Å². The van der Waals surface area contributed by atoms with E-state index in [4.69, 9.17) is 37.7 Å². The van der Waals surface area contributed by atoms with E-state index in [1.54, 1.807) is 36.2 Å². The van der Waals surface area contributed by atoms with Gasteiger partial charge in [-0.3, -0.25) is 9.48 Å². The average Bonchev–Trinajstić information content (AvgIpc) is 3.60. The van der Waals surface area contributed by atoms with E-state index in [9.17, 15) is 10.1 Å². The van der Waals surface area contributed by atoms with Crippen LogP contribution in [0, 0.1) is 35.9 Å². The molecule has 53 heavy (non-hydrogen) atoms. The van der Waals surface area contributed by atoms with Gasteiger partial charge >= 0.3 is 0 Å². The van der Waals surface area contributed by atoms with Crippen molar-refractivity contribution in [2.24, 2.45) is 11.8 Å². The molecule has 10 nitrogen and oxygen atoms in total. The van der Waals surface area contributed by atoms with Crippen molar-refractivity contribution in [2.45, 2.75) is 76.2 Å². The van der Waals surface area contributed by atoms with Crippen molar-refractivity contribution in [1.29, 1.82) is 5.26 Å². The Morgan fingerprint density at radius 1 is 1.19 bits per heavy atom. The molecule has 6 heterocycles. The lowest BCUT2D eigenvalue weighted by molar-refractivity contribution is -0.133. The van der Waals surface area contributed by atoms with Crippen LogP contribution in [0.25, 0.3) is 32.9 Å². The van der Waals surface area contributed by atoms with E-state index in [0.717, 1.165) is 42.4 Å². The standard InChI is InChI=1S/C40H40Cl2FN7O3/c1-21-28-16-33(32-15-25(20-49(32)40(51)22-8-9-22)53-26-18-46-48(19-26)11-12-52-2)50(38-24-14-31(38)45-17-24)39(28)29-13-23(5-4-10-44)34(36(43)37(29)47-21)27-6-3-7-30(41)35(27)42/h3,6-7,13,16,18-19,22,24-25,31-32,38,45H,4-5,8-9,11-12,14-15,17,20H2,1-2H3/t24-,25+,31-,32-,38+/m1/s1. The van der Waals surface area contributed by atoms with E-state index in [2.05, 4.69) is 27.1 Å². The minimum atomic E-state index is -0.487. The van der Waals surface area contributed by atoms with Gasteiger partial charge < -0.3 is 24.3 Å². The summed E-state index contributed by atoms with van der Waals surface area (Å²) in [5, 5.41) is 19.9. The highest BCUT2D eigenvalue weighted by Crippen LogP contribution is 2.51. The number of likely N-dealkylation sites (tertiary alicyclic amines) is 1. The van der Waals surface area contributed by atoms with Gasteiger partial charge in [0, 0.05) is 71.7 Å². The van der Waals surface area contributed by atoms with Gasteiger partial charge in [0.05, 0.1) is 65.8 Å². The van der Waals surface area contributed by atoms with E-state index in [0.29, 0.717) is 77.0 Å². The van der Waals surface area contributed by atoms with Gasteiger partial charge in [0.2, 0.25) is 5.91 Å². The van der Waals surface area contributed by atoms with Crippen LogP contribution >= 0.6 is 23.2 Å². The number of nitriles is 1. The number of pyridine rings is 1. The number of nitrogens with zero attached hydrogens (tertiary/aromatic N) is 6. The largest absolute Gasteiger partial charge is 0.485 e. The topological polar surface area (TPSA) is 110 Å². The van der Waals surface area contributed by atoms with Crippen LogP contribution in [0.15, 0.2) is 42.7 Å². The van der Waals surface area contributed by atoms with E-state index in [-0.39, 0.29) is 53.0 Å². The predicted molar refractivity (Wildman–Crippen MR) is 201 cm³/mol. The third kappa shape index (κ3) is 5.86. The first-order valence-electron chi connectivity index (χ1n) is 18.5. The second kappa shape index (κ2) is 13.6. The Morgan fingerprint density at radius 3 is 2.77 bits per heavy atom. The van der Waals surface area contributed by atoms with E-state index in [1.807, 2.05) is 24.1 Å². The van der Waals surface area contributed by atoms with Gasteiger partial charge in [-0.25, -0.2) is 9.37 Å². The minimum absolute atomic E-state index is 0.0326. The molecule has 0 radical (unpaired) electrons. The van der Waals surface area contributed by atoms with Crippen molar-refractivity contribution in [3.05, 3.63) is 75.5 Å². The number of carbonyl (C=O) groups is 1. The van der Waals surface area contributed by atoms with Gasteiger partial charge in [0.15, 0.2) is 11.6 Å². The smallest absolute Gasteiger partial charge is 0.226 e. The quantitative estimate of drug-likeness (QED) is 0.148. The zero-order valence-electron chi connectivity index (χ0n) is 29.6. The van der Waals surface area contributed by atoms with Crippen molar-refractivity contribution in [3.63, 3.8) is 0 Å². The molecule has 5 aliphatic rings. The normalized spacial score (nSPS) is 23.5. The van der Waals surface area contributed by atoms with Gasteiger partial charge in [-0.2, -0.15) is 10.4 Å². The Hall–Kier alpha value is -4.21. The maximum absolute atomic E-state index is 17.2. The summed E-state index contributed by atoms with van der Waals surface area (Å²) < 4.78 is 33.1. The minimum Gasteiger partial charge on any atom is -0.485 e. The number of aromatic nitrogens is 4. The summed E-state index contributed by atoms with van der Waals surface area (Å²) in [6.45, 7) is 4.46.